The Morgan fingerprint density at radius 2 is 2.14 bits per heavy atom. The lowest BCUT2D eigenvalue weighted by atomic mass is 10.2. The van der Waals surface area contributed by atoms with Crippen LogP contribution in [0.3, 0.4) is 0 Å². The Kier molecular flexibility index (Phi) is 4.91. The third-order valence-electron chi connectivity index (χ3n) is 2.87. The van der Waals surface area contributed by atoms with Crippen molar-refractivity contribution in [2.45, 2.75) is 18.6 Å². The maximum absolute atomic E-state index is 12.1. The van der Waals surface area contributed by atoms with Crippen molar-refractivity contribution in [3.05, 3.63) is 42.6 Å². The van der Waals surface area contributed by atoms with Crippen molar-refractivity contribution in [3.8, 4) is 0 Å². The largest absolute Gasteiger partial charge is 0.467 e. The van der Waals surface area contributed by atoms with Crippen molar-refractivity contribution in [1.82, 2.24) is 14.5 Å². The number of nitrogens with one attached hydrogen (secondary N) is 1. The topological polar surface area (TPSA) is 77.1 Å². The van der Waals surface area contributed by atoms with Crippen LogP contribution in [0.5, 0.6) is 0 Å². The van der Waals surface area contributed by atoms with Crippen LogP contribution in [0.25, 0.3) is 0 Å². The zero-order valence-corrected chi connectivity index (χ0v) is 12.1. The monoisotopic (exact) mass is 337 g/mol. The van der Waals surface area contributed by atoms with Crippen molar-refractivity contribution in [2.24, 2.45) is 0 Å². The average molecular weight is 337 g/mol. The molecular weight excluding hydrogens is 323 g/mol. The van der Waals surface area contributed by atoms with Crippen LogP contribution in [-0.2, 0) is 10.0 Å². The summed E-state index contributed by atoms with van der Waals surface area (Å²) in [5.41, 5.74) is 0. The molecule has 0 saturated carbocycles. The molecule has 1 N–H and O–H groups in total. The highest BCUT2D eigenvalue weighted by Gasteiger charge is 2.30. The molecule has 2 rings (SSSR count). The van der Waals surface area contributed by atoms with Crippen LogP contribution >= 0.6 is 0 Å². The quantitative estimate of drug-likeness (QED) is 0.838. The summed E-state index contributed by atoms with van der Waals surface area (Å²) >= 11 is 0. The number of hydrogen-bond donors (Lipinski definition) is 1. The van der Waals surface area contributed by atoms with E-state index in [9.17, 15) is 21.6 Å². The second-order valence-corrected chi connectivity index (χ2v) is 6.48. The van der Waals surface area contributed by atoms with Gasteiger partial charge in [-0.1, -0.05) is 0 Å². The van der Waals surface area contributed by atoms with Crippen LogP contribution in [-0.4, -0.2) is 36.7 Å². The van der Waals surface area contributed by atoms with E-state index in [1.165, 1.54) is 17.1 Å². The summed E-state index contributed by atoms with van der Waals surface area (Å²) in [5.74, 6) is -0.567. The van der Waals surface area contributed by atoms with E-state index in [2.05, 4.69) is 9.82 Å². The molecule has 122 valence electrons. The van der Waals surface area contributed by atoms with E-state index < -0.39 is 34.4 Å². The minimum atomic E-state index is -4.52. The maximum atomic E-state index is 12.1. The lowest BCUT2D eigenvalue weighted by Crippen LogP contribution is -2.34. The van der Waals surface area contributed by atoms with Gasteiger partial charge in [0.15, 0.2) is 0 Å². The van der Waals surface area contributed by atoms with Crippen molar-refractivity contribution in [3.63, 3.8) is 0 Å². The van der Waals surface area contributed by atoms with Crippen LogP contribution < -0.4 is 4.72 Å². The number of hydrogen-bond acceptors (Lipinski definition) is 4. The van der Waals surface area contributed by atoms with E-state index in [0.29, 0.717) is 5.76 Å². The van der Waals surface area contributed by atoms with Crippen LogP contribution in [0.2, 0.25) is 0 Å². The molecule has 0 radical (unpaired) electrons. The molecule has 0 spiro atoms. The highest BCUT2D eigenvalue weighted by atomic mass is 32.2. The summed E-state index contributed by atoms with van der Waals surface area (Å²) < 4.78 is 68.5. The van der Waals surface area contributed by atoms with Gasteiger partial charge in [-0.3, -0.25) is 4.68 Å². The summed E-state index contributed by atoms with van der Waals surface area (Å²) in [5, 5.41) is 4.00. The van der Waals surface area contributed by atoms with E-state index in [-0.39, 0.29) is 6.54 Å². The Bertz CT molecular complexity index is 632. The number of nitrogens with zero attached hydrogens (tertiary/aromatic N) is 2. The SMILES string of the molecule is O=S(=O)(CCC(F)(F)F)NC[C@H](c1ccco1)n1cccn1. The molecule has 6 nitrogen and oxygen atoms in total. The Hall–Kier alpha value is -1.81. The third-order valence-corrected chi connectivity index (χ3v) is 4.21. The molecule has 2 heterocycles. The van der Waals surface area contributed by atoms with Gasteiger partial charge >= 0.3 is 6.18 Å². The molecule has 0 unspecified atom stereocenters. The van der Waals surface area contributed by atoms with Gasteiger partial charge in [-0.2, -0.15) is 18.3 Å². The van der Waals surface area contributed by atoms with Crippen molar-refractivity contribution < 1.29 is 26.0 Å². The van der Waals surface area contributed by atoms with E-state index >= 15 is 0 Å². The number of alkyl halides is 3. The van der Waals surface area contributed by atoms with Gasteiger partial charge in [0.05, 0.1) is 18.4 Å². The first kappa shape index (κ1) is 16.6. The van der Waals surface area contributed by atoms with E-state index in [0.717, 1.165) is 0 Å². The summed E-state index contributed by atoms with van der Waals surface area (Å²) in [7, 11) is -4.04. The molecule has 0 aromatic carbocycles. The maximum Gasteiger partial charge on any atom is 0.390 e. The smallest absolute Gasteiger partial charge is 0.390 e. The van der Waals surface area contributed by atoms with Crippen molar-refractivity contribution in [1.29, 1.82) is 0 Å². The predicted octanol–water partition coefficient (Wildman–Crippen LogP) is 1.94. The van der Waals surface area contributed by atoms with Gasteiger partial charge in [-0.15, -0.1) is 0 Å². The lowest BCUT2D eigenvalue weighted by molar-refractivity contribution is -0.129. The second kappa shape index (κ2) is 6.53. The van der Waals surface area contributed by atoms with Gasteiger partial charge in [0.1, 0.15) is 11.8 Å². The van der Waals surface area contributed by atoms with E-state index in [4.69, 9.17) is 4.42 Å². The fourth-order valence-corrected chi connectivity index (χ4v) is 2.85. The van der Waals surface area contributed by atoms with Crippen LogP contribution in [0, 0.1) is 0 Å². The molecular formula is C12H14F3N3O3S. The Morgan fingerprint density at radius 3 is 2.68 bits per heavy atom. The zero-order valence-electron chi connectivity index (χ0n) is 11.3. The average Bonchev–Trinajstić information content (AvgIpc) is 3.09. The first-order valence-electron chi connectivity index (χ1n) is 6.33. The molecule has 0 fully saturated rings. The van der Waals surface area contributed by atoms with Crippen molar-refractivity contribution in [2.75, 3.05) is 12.3 Å². The van der Waals surface area contributed by atoms with Gasteiger partial charge in [-0.25, -0.2) is 13.1 Å². The summed E-state index contributed by atoms with van der Waals surface area (Å²) in [6.45, 7) is -0.157. The minimum Gasteiger partial charge on any atom is -0.467 e. The van der Waals surface area contributed by atoms with E-state index in [1.54, 1.807) is 24.4 Å². The lowest BCUT2D eigenvalue weighted by Gasteiger charge is -2.16. The molecule has 0 saturated heterocycles. The standard InChI is InChI=1S/C12H14F3N3O3S/c13-12(14,15)4-8-22(19,20)17-9-10(11-3-1-7-21-11)18-6-2-5-16-18/h1-3,5-7,10,17H,4,8-9H2/t10-/m1/s1. The molecule has 2 aromatic heterocycles. The molecule has 1 atom stereocenters. The fourth-order valence-electron chi connectivity index (χ4n) is 1.80. The second-order valence-electron chi connectivity index (χ2n) is 4.55. The Morgan fingerprint density at radius 1 is 1.36 bits per heavy atom. The molecule has 0 aliphatic carbocycles. The normalized spacial score (nSPS) is 14.1. The van der Waals surface area contributed by atoms with Gasteiger partial charge in [-0.05, 0) is 18.2 Å². The van der Waals surface area contributed by atoms with Crippen LogP contribution in [0.15, 0.2) is 41.3 Å². The number of furan rings is 1. The summed E-state index contributed by atoms with van der Waals surface area (Å²) in [6.07, 6.45) is -1.37. The molecule has 0 bridgehead atoms. The van der Waals surface area contributed by atoms with Gasteiger partial charge < -0.3 is 4.42 Å². The van der Waals surface area contributed by atoms with Crippen LogP contribution in [0.1, 0.15) is 18.2 Å². The highest BCUT2D eigenvalue weighted by molar-refractivity contribution is 7.89. The number of rotatable bonds is 7. The fraction of sp³-hybridized carbons (Fsp3) is 0.417. The zero-order chi connectivity index (χ0) is 16.2. The minimum absolute atomic E-state index is 0.157. The van der Waals surface area contributed by atoms with E-state index in [1.807, 2.05) is 0 Å². The third kappa shape index (κ3) is 4.88. The molecule has 10 heteroatoms. The molecule has 22 heavy (non-hydrogen) atoms. The molecule has 0 aliphatic heterocycles. The Labute approximate surface area is 125 Å². The number of aromatic nitrogens is 2. The first-order chi connectivity index (χ1) is 10.3. The van der Waals surface area contributed by atoms with Gasteiger partial charge in [0, 0.05) is 18.9 Å². The molecule has 0 aliphatic rings. The van der Waals surface area contributed by atoms with Crippen LogP contribution in [0.4, 0.5) is 13.2 Å². The number of sulfonamides is 1. The van der Waals surface area contributed by atoms with Crippen molar-refractivity contribution >= 4 is 10.0 Å². The number of halogens is 3. The first-order valence-corrected chi connectivity index (χ1v) is 7.99. The Balaban J connectivity index is 2.03. The summed E-state index contributed by atoms with van der Waals surface area (Å²) in [6, 6.07) is 4.33. The molecule has 2 aromatic rings. The predicted molar refractivity (Wildman–Crippen MR) is 71.5 cm³/mol. The summed E-state index contributed by atoms with van der Waals surface area (Å²) in [4.78, 5) is 0. The molecule has 0 amide bonds. The van der Waals surface area contributed by atoms with Gasteiger partial charge in [0.2, 0.25) is 10.0 Å². The van der Waals surface area contributed by atoms with Gasteiger partial charge in [0.25, 0.3) is 0 Å². The highest BCUT2D eigenvalue weighted by Crippen LogP contribution is 2.21.